The summed E-state index contributed by atoms with van der Waals surface area (Å²) in [5, 5.41) is 5.05. The summed E-state index contributed by atoms with van der Waals surface area (Å²) >= 11 is 6.12. The van der Waals surface area contributed by atoms with Gasteiger partial charge in [-0.05, 0) is 30.5 Å². The van der Waals surface area contributed by atoms with Crippen LogP contribution in [0.4, 0.5) is 0 Å². The summed E-state index contributed by atoms with van der Waals surface area (Å²) < 4.78 is 1.67. The van der Waals surface area contributed by atoms with E-state index in [1.54, 1.807) is 10.9 Å². The van der Waals surface area contributed by atoms with Crippen LogP contribution in [0.1, 0.15) is 19.5 Å². The van der Waals surface area contributed by atoms with Crippen LogP contribution in [-0.2, 0) is 6.42 Å². The molecule has 0 fully saturated rings. The lowest BCUT2D eigenvalue weighted by molar-refractivity contribution is 0.627. The van der Waals surface area contributed by atoms with E-state index in [1.807, 2.05) is 24.3 Å². The smallest absolute Gasteiger partial charge is 0.155 e. The lowest BCUT2D eigenvalue weighted by atomic mass is 10.1. The topological polar surface area (TPSA) is 30.7 Å². The fourth-order valence-corrected chi connectivity index (χ4v) is 1.81. The molecule has 0 aliphatic rings. The molecule has 2 aromatic heterocycles. The number of halogens is 1. The maximum absolute atomic E-state index is 6.12. The molecule has 0 atom stereocenters. The van der Waals surface area contributed by atoms with Crippen molar-refractivity contribution in [3.63, 3.8) is 0 Å². The minimum Gasteiger partial charge on any atom is -0.237 e. The number of rotatable bonds is 3. The molecule has 0 radical (unpaired) electrons. The lowest BCUT2D eigenvalue weighted by Crippen LogP contribution is -2.01. The molecule has 4 heteroatoms. The van der Waals surface area contributed by atoms with Crippen LogP contribution in [0.2, 0.25) is 5.15 Å². The largest absolute Gasteiger partial charge is 0.237 e. The van der Waals surface area contributed by atoms with Crippen molar-refractivity contribution in [3.05, 3.63) is 41.3 Å². The number of hydrogen-bond donors (Lipinski definition) is 0. The fourth-order valence-electron chi connectivity index (χ4n) is 1.56. The van der Waals surface area contributed by atoms with Crippen molar-refractivity contribution in [1.29, 1.82) is 0 Å². The first-order valence-corrected chi connectivity index (χ1v) is 5.70. The van der Waals surface area contributed by atoms with E-state index in [0.29, 0.717) is 11.1 Å². The minimum atomic E-state index is 0.572. The van der Waals surface area contributed by atoms with Gasteiger partial charge in [0, 0.05) is 6.20 Å². The van der Waals surface area contributed by atoms with E-state index < -0.39 is 0 Å². The summed E-state index contributed by atoms with van der Waals surface area (Å²) in [7, 11) is 0. The molecular weight excluding hydrogens is 222 g/mol. The zero-order valence-corrected chi connectivity index (χ0v) is 10.1. The van der Waals surface area contributed by atoms with Gasteiger partial charge in [0.05, 0.1) is 5.69 Å². The summed E-state index contributed by atoms with van der Waals surface area (Å²) in [6.45, 7) is 4.32. The average Bonchev–Trinajstić information content (AvgIpc) is 2.60. The van der Waals surface area contributed by atoms with Crippen LogP contribution in [0.3, 0.4) is 0 Å². The van der Waals surface area contributed by atoms with Gasteiger partial charge in [-0.3, -0.25) is 0 Å². The maximum Gasteiger partial charge on any atom is 0.155 e. The summed E-state index contributed by atoms with van der Waals surface area (Å²) in [4.78, 5) is 4.22. The van der Waals surface area contributed by atoms with Gasteiger partial charge in [0.25, 0.3) is 0 Å². The predicted molar refractivity (Wildman–Crippen MR) is 64.9 cm³/mol. The SMILES string of the molecule is CC(C)Cc1cc(Cl)n(-c2ccccn2)n1. The molecule has 0 aromatic carbocycles. The average molecular weight is 236 g/mol. The van der Waals surface area contributed by atoms with Crippen LogP contribution in [0.5, 0.6) is 0 Å². The second-order valence-corrected chi connectivity index (χ2v) is 4.54. The van der Waals surface area contributed by atoms with Gasteiger partial charge >= 0.3 is 0 Å². The van der Waals surface area contributed by atoms with Gasteiger partial charge in [-0.2, -0.15) is 5.10 Å². The van der Waals surface area contributed by atoms with Crippen LogP contribution < -0.4 is 0 Å². The van der Waals surface area contributed by atoms with Gasteiger partial charge in [0.1, 0.15) is 5.15 Å². The molecule has 2 rings (SSSR count). The number of nitrogens with zero attached hydrogens (tertiary/aromatic N) is 3. The normalized spacial score (nSPS) is 11.0. The molecule has 0 saturated carbocycles. The van der Waals surface area contributed by atoms with E-state index in [1.165, 1.54) is 0 Å². The van der Waals surface area contributed by atoms with Gasteiger partial charge in [-0.15, -0.1) is 0 Å². The molecule has 84 valence electrons. The maximum atomic E-state index is 6.12. The third-order valence-corrected chi connectivity index (χ3v) is 2.47. The molecule has 0 saturated heterocycles. The molecule has 0 unspecified atom stereocenters. The Morgan fingerprint density at radius 2 is 2.19 bits per heavy atom. The summed E-state index contributed by atoms with van der Waals surface area (Å²) in [5.74, 6) is 1.32. The highest BCUT2D eigenvalue weighted by Gasteiger charge is 2.09. The number of aromatic nitrogens is 3. The van der Waals surface area contributed by atoms with Crippen molar-refractivity contribution in [2.75, 3.05) is 0 Å². The zero-order valence-electron chi connectivity index (χ0n) is 9.39. The monoisotopic (exact) mass is 235 g/mol. The van der Waals surface area contributed by atoms with Crippen molar-refractivity contribution < 1.29 is 0 Å². The van der Waals surface area contributed by atoms with Crippen molar-refractivity contribution in [2.24, 2.45) is 5.92 Å². The molecule has 0 aliphatic carbocycles. The Labute approximate surface area is 100 Å². The quantitative estimate of drug-likeness (QED) is 0.819. The third-order valence-electron chi connectivity index (χ3n) is 2.20. The van der Waals surface area contributed by atoms with Gasteiger partial charge < -0.3 is 0 Å². The molecule has 2 aromatic rings. The molecule has 2 heterocycles. The summed E-state index contributed by atoms with van der Waals surface area (Å²) in [6, 6.07) is 7.58. The van der Waals surface area contributed by atoms with Crippen LogP contribution in [0, 0.1) is 5.92 Å². The van der Waals surface area contributed by atoms with E-state index in [4.69, 9.17) is 11.6 Å². The van der Waals surface area contributed by atoms with E-state index in [9.17, 15) is 0 Å². The Kier molecular flexibility index (Phi) is 3.25. The standard InChI is InChI=1S/C12H14ClN3/c1-9(2)7-10-8-11(13)16(15-10)12-5-3-4-6-14-12/h3-6,8-9H,7H2,1-2H3. The van der Waals surface area contributed by atoms with Crippen LogP contribution in [-0.4, -0.2) is 14.8 Å². The molecule has 16 heavy (non-hydrogen) atoms. The Hall–Kier alpha value is -1.35. The van der Waals surface area contributed by atoms with E-state index in [0.717, 1.165) is 17.9 Å². The summed E-state index contributed by atoms with van der Waals surface area (Å²) in [6.07, 6.45) is 2.66. The van der Waals surface area contributed by atoms with Crippen LogP contribution in [0.15, 0.2) is 30.5 Å². The summed E-state index contributed by atoms with van der Waals surface area (Å²) in [5.41, 5.74) is 1.01. The molecular formula is C12H14ClN3. The van der Waals surface area contributed by atoms with Gasteiger partial charge in [-0.25, -0.2) is 9.67 Å². The lowest BCUT2D eigenvalue weighted by Gasteiger charge is -2.01. The molecule has 0 amide bonds. The van der Waals surface area contributed by atoms with Crippen molar-refractivity contribution in [3.8, 4) is 5.82 Å². The van der Waals surface area contributed by atoms with E-state index >= 15 is 0 Å². The molecule has 0 N–H and O–H groups in total. The van der Waals surface area contributed by atoms with E-state index in [-0.39, 0.29) is 0 Å². The van der Waals surface area contributed by atoms with Gasteiger partial charge in [-0.1, -0.05) is 31.5 Å². The molecule has 0 bridgehead atoms. The molecule has 0 spiro atoms. The van der Waals surface area contributed by atoms with E-state index in [2.05, 4.69) is 23.9 Å². The van der Waals surface area contributed by atoms with Crippen LogP contribution in [0.25, 0.3) is 5.82 Å². The Morgan fingerprint density at radius 3 is 2.81 bits per heavy atom. The first-order chi connectivity index (χ1) is 7.66. The number of hydrogen-bond acceptors (Lipinski definition) is 2. The highest BCUT2D eigenvalue weighted by molar-refractivity contribution is 6.29. The molecule has 3 nitrogen and oxygen atoms in total. The zero-order chi connectivity index (χ0) is 11.5. The second-order valence-electron chi connectivity index (χ2n) is 4.16. The first kappa shape index (κ1) is 11.1. The second kappa shape index (κ2) is 4.66. The highest BCUT2D eigenvalue weighted by atomic mass is 35.5. The van der Waals surface area contributed by atoms with Crippen molar-refractivity contribution in [1.82, 2.24) is 14.8 Å². The fraction of sp³-hybridized carbons (Fsp3) is 0.333. The van der Waals surface area contributed by atoms with Crippen molar-refractivity contribution in [2.45, 2.75) is 20.3 Å². The first-order valence-electron chi connectivity index (χ1n) is 5.32. The van der Waals surface area contributed by atoms with Crippen molar-refractivity contribution >= 4 is 11.6 Å². The Balaban J connectivity index is 2.32. The highest BCUT2D eigenvalue weighted by Crippen LogP contribution is 2.17. The predicted octanol–water partition coefficient (Wildman–Crippen LogP) is 3.12. The number of pyridine rings is 1. The van der Waals surface area contributed by atoms with Gasteiger partial charge in [0.2, 0.25) is 0 Å². The van der Waals surface area contributed by atoms with Gasteiger partial charge in [0.15, 0.2) is 5.82 Å². The van der Waals surface area contributed by atoms with Crippen LogP contribution >= 0.6 is 11.6 Å². The Morgan fingerprint density at radius 1 is 1.38 bits per heavy atom. The third kappa shape index (κ3) is 2.42. The molecule has 0 aliphatic heterocycles. The Bertz CT molecular complexity index is 462. The minimum absolute atomic E-state index is 0.572.